The number of hydrogen-bond donors (Lipinski definition) is 1. The lowest BCUT2D eigenvalue weighted by Gasteiger charge is -2.09. The van der Waals surface area contributed by atoms with Crippen LogP contribution in [0.2, 0.25) is 0 Å². The van der Waals surface area contributed by atoms with Crippen molar-refractivity contribution in [3.8, 4) is 28.7 Å². The van der Waals surface area contributed by atoms with Crippen molar-refractivity contribution in [2.75, 3.05) is 12.4 Å². The number of pyridine rings is 1. The number of nitrogens with one attached hydrogen (secondary N) is 1. The Morgan fingerprint density at radius 3 is 2.54 bits per heavy atom. The number of hydrogen-bond acceptors (Lipinski definition) is 6. The van der Waals surface area contributed by atoms with E-state index in [1.165, 1.54) is 6.07 Å². The Balaban J connectivity index is 1.58. The second-order valence-corrected chi connectivity index (χ2v) is 5.99. The van der Waals surface area contributed by atoms with Gasteiger partial charge in [-0.25, -0.2) is 9.37 Å². The molecule has 7 heteroatoms. The maximum atomic E-state index is 13.9. The second kappa shape index (κ2) is 7.87. The fourth-order valence-electron chi connectivity index (χ4n) is 2.72. The molecule has 0 aliphatic heterocycles. The number of aromatic nitrogens is 3. The van der Waals surface area contributed by atoms with Crippen molar-refractivity contribution in [2.24, 2.45) is 0 Å². The zero-order valence-corrected chi connectivity index (χ0v) is 15.1. The summed E-state index contributed by atoms with van der Waals surface area (Å²) in [5, 5.41) is 11.4. The highest BCUT2D eigenvalue weighted by molar-refractivity contribution is 5.69. The third-order valence-corrected chi connectivity index (χ3v) is 4.20. The zero-order valence-electron chi connectivity index (χ0n) is 15.1. The number of anilines is 1. The van der Waals surface area contributed by atoms with Crippen molar-refractivity contribution in [3.05, 3.63) is 78.2 Å². The molecule has 0 amide bonds. The minimum absolute atomic E-state index is 0.271. The van der Waals surface area contributed by atoms with Crippen LogP contribution in [0.3, 0.4) is 0 Å². The minimum Gasteiger partial charge on any atom is -0.497 e. The number of benzene rings is 2. The first-order valence-corrected chi connectivity index (χ1v) is 8.65. The Labute approximate surface area is 161 Å². The molecular weight excluding hydrogens is 359 g/mol. The van der Waals surface area contributed by atoms with E-state index in [-0.39, 0.29) is 12.4 Å². The SMILES string of the molecule is COc1ccc(-c2nnc(-c3cccnc3NCc3ccccc3F)o2)cc1. The first-order valence-electron chi connectivity index (χ1n) is 8.65. The van der Waals surface area contributed by atoms with Crippen LogP contribution in [-0.2, 0) is 6.54 Å². The van der Waals surface area contributed by atoms with E-state index in [1.807, 2.05) is 30.3 Å². The molecule has 0 unspecified atom stereocenters. The van der Waals surface area contributed by atoms with Gasteiger partial charge in [0.1, 0.15) is 17.4 Å². The summed E-state index contributed by atoms with van der Waals surface area (Å²) in [6.45, 7) is 0.288. The van der Waals surface area contributed by atoms with E-state index in [0.717, 1.165) is 11.3 Å². The standard InChI is InChI=1S/C21H17FN4O2/c1-27-16-10-8-14(9-11-16)20-25-26-21(28-20)17-6-4-12-23-19(17)24-13-15-5-2-3-7-18(15)22/h2-12H,13H2,1H3,(H,23,24). The molecule has 0 radical (unpaired) electrons. The van der Waals surface area contributed by atoms with Crippen molar-refractivity contribution in [2.45, 2.75) is 6.54 Å². The van der Waals surface area contributed by atoms with E-state index in [1.54, 1.807) is 37.6 Å². The van der Waals surface area contributed by atoms with Gasteiger partial charge in [0.05, 0.1) is 12.7 Å². The smallest absolute Gasteiger partial charge is 0.251 e. The summed E-state index contributed by atoms with van der Waals surface area (Å²) in [5.74, 6) is 1.73. The predicted molar refractivity (Wildman–Crippen MR) is 103 cm³/mol. The molecule has 2 aromatic heterocycles. The summed E-state index contributed by atoms with van der Waals surface area (Å²) < 4.78 is 24.8. The van der Waals surface area contributed by atoms with E-state index in [2.05, 4.69) is 20.5 Å². The Morgan fingerprint density at radius 2 is 1.75 bits per heavy atom. The number of ether oxygens (including phenoxy) is 1. The van der Waals surface area contributed by atoms with Crippen LogP contribution < -0.4 is 10.1 Å². The summed E-state index contributed by atoms with van der Waals surface area (Å²) in [4.78, 5) is 4.33. The second-order valence-electron chi connectivity index (χ2n) is 5.99. The quantitative estimate of drug-likeness (QED) is 0.532. The van der Waals surface area contributed by atoms with Crippen molar-refractivity contribution in [1.82, 2.24) is 15.2 Å². The monoisotopic (exact) mass is 376 g/mol. The fourth-order valence-corrected chi connectivity index (χ4v) is 2.72. The van der Waals surface area contributed by atoms with Crippen LogP contribution in [0.5, 0.6) is 5.75 Å². The van der Waals surface area contributed by atoms with Gasteiger partial charge in [-0.1, -0.05) is 18.2 Å². The number of halogens is 1. The molecule has 0 saturated heterocycles. The molecule has 2 heterocycles. The van der Waals surface area contributed by atoms with Crippen LogP contribution in [0.15, 0.2) is 71.3 Å². The van der Waals surface area contributed by atoms with Gasteiger partial charge < -0.3 is 14.5 Å². The van der Waals surface area contributed by atoms with E-state index >= 15 is 0 Å². The van der Waals surface area contributed by atoms with Crippen molar-refractivity contribution >= 4 is 5.82 Å². The van der Waals surface area contributed by atoms with Gasteiger partial charge in [-0.15, -0.1) is 10.2 Å². The van der Waals surface area contributed by atoms with Gasteiger partial charge in [-0.3, -0.25) is 0 Å². The summed E-state index contributed by atoms with van der Waals surface area (Å²) in [6, 6.07) is 17.5. The molecule has 28 heavy (non-hydrogen) atoms. The Bertz CT molecular complexity index is 1080. The highest BCUT2D eigenvalue weighted by Gasteiger charge is 2.15. The van der Waals surface area contributed by atoms with E-state index in [9.17, 15) is 4.39 Å². The predicted octanol–water partition coefficient (Wildman–Crippen LogP) is 4.56. The average Bonchev–Trinajstić information content (AvgIpc) is 3.23. The first-order chi connectivity index (χ1) is 13.7. The normalized spacial score (nSPS) is 10.6. The van der Waals surface area contributed by atoms with Crippen molar-refractivity contribution in [1.29, 1.82) is 0 Å². The average molecular weight is 376 g/mol. The molecule has 2 aromatic carbocycles. The number of rotatable bonds is 6. The lowest BCUT2D eigenvalue weighted by Crippen LogP contribution is -2.04. The highest BCUT2D eigenvalue weighted by Crippen LogP contribution is 2.29. The van der Waals surface area contributed by atoms with Crippen molar-refractivity contribution in [3.63, 3.8) is 0 Å². The molecule has 0 saturated carbocycles. The van der Waals surface area contributed by atoms with Crippen molar-refractivity contribution < 1.29 is 13.5 Å². The Kier molecular flexibility index (Phi) is 4.97. The maximum Gasteiger partial charge on any atom is 0.251 e. The van der Waals surface area contributed by atoms with Gasteiger partial charge in [0.15, 0.2) is 0 Å². The topological polar surface area (TPSA) is 73.1 Å². The number of methoxy groups -OCH3 is 1. The highest BCUT2D eigenvalue weighted by atomic mass is 19.1. The van der Waals surface area contributed by atoms with Gasteiger partial charge in [0.25, 0.3) is 5.89 Å². The lowest BCUT2D eigenvalue weighted by molar-refractivity contribution is 0.415. The molecule has 1 N–H and O–H groups in total. The molecule has 0 atom stereocenters. The molecule has 0 bridgehead atoms. The van der Waals surface area contributed by atoms with Gasteiger partial charge in [-0.05, 0) is 42.5 Å². The zero-order chi connectivity index (χ0) is 19.3. The summed E-state index contributed by atoms with van der Waals surface area (Å²) in [7, 11) is 1.61. The summed E-state index contributed by atoms with van der Waals surface area (Å²) in [6.07, 6.45) is 1.65. The van der Waals surface area contributed by atoms with Crippen LogP contribution in [-0.4, -0.2) is 22.3 Å². The van der Waals surface area contributed by atoms with Crippen LogP contribution >= 0.6 is 0 Å². The molecule has 0 fully saturated rings. The molecule has 4 rings (SSSR count). The molecule has 0 aliphatic rings. The third kappa shape index (κ3) is 3.68. The summed E-state index contributed by atoms with van der Waals surface area (Å²) >= 11 is 0. The van der Waals surface area contributed by atoms with Crippen LogP contribution in [0.1, 0.15) is 5.56 Å². The van der Waals surface area contributed by atoms with Gasteiger partial charge in [-0.2, -0.15) is 0 Å². The molecule has 0 aliphatic carbocycles. The van der Waals surface area contributed by atoms with Gasteiger partial charge >= 0.3 is 0 Å². The van der Waals surface area contributed by atoms with Crippen LogP contribution in [0, 0.1) is 5.82 Å². The lowest BCUT2D eigenvalue weighted by atomic mass is 10.2. The van der Waals surface area contributed by atoms with E-state index in [4.69, 9.17) is 9.15 Å². The van der Waals surface area contributed by atoms with E-state index in [0.29, 0.717) is 28.7 Å². The molecule has 4 aromatic rings. The maximum absolute atomic E-state index is 13.9. The summed E-state index contributed by atoms with van der Waals surface area (Å²) in [5.41, 5.74) is 1.97. The van der Waals surface area contributed by atoms with Gasteiger partial charge in [0.2, 0.25) is 5.89 Å². The third-order valence-electron chi connectivity index (χ3n) is 4.20. The molecule has 0 spiro atoms. The Morgan fingerprint density at radius 1 is 0.964 bits per heavy atom. The van der Waals surface area contributed by atoms with Crippen LogP contribution in [0.25, 0.3) is 22.9 Å². The van der Waals surface area contributed by atoms with Gasteiger partial charge in [0, 0.05) is 23.9 Å². The Hall–Kier alpha value is -3.74. The first kappa shape index (κ1) is 17.7. The number of nitrogens with zero attached hydrogens (tertiary/aromatic N) is 3. The molecule has 140 valence electrons. The largest absolute Gasteiger partial charge is 0.497 e. The van der Waals surface area contributed by atoms with E-state index < -0.39 is 0 Å². The van der Waals surface area contributed by atoms with Crippen LogP contribution in [0.4, 0.5) is 10.2 Å². The molecular formula is C21H17FN4O2. The molecule has 6 nitrogen and oxygen atoms in total. The minimum atomic E-state index is -0.271. The fraction of sp³-hybridized carbons (Fsp3) is 0.0952.